The molecule has 0 saturated heterocycles. The number of halogens is 1. The van der Waals surface area contributed by atoms with E-state index in [2.05, 4.69) is 15.4 Å². The first-order valence-corrected chi connectivity index (χ1v) is 9.08. The van der Waals surface area contributed by atoms with Crippen molar-refractivity contribution in [3.63, 3.8) is 0 Å². The van der Waals surface area contributed by atoms with Crippen LogP contribution in [-0.4, -0.2) is 20.7 Å². The van der Waals surface area contributed by atoms with E-state index in [9.17, 15) is 4.79 Å². The molecule has 1 saturated carbocycles. The van der Waals surface area contributed by atoms with Crippen molar-refractivity contribution >= 4 is 17.5 Å². The van der Waals surface area contributed by atoms with Crippen LogP contribution in [0.4, 0.5) is 0 Å². The number of amides is 1. The van der Waals surface area contributed by atoms with Gasteiger partial charge in [0, 0.05) is 12.1 Å². The molecule has 1 atom stereocenters. The molecule has 6 nitrogen and oxygen atoms in total. The van der Waals surface area contributed by atoms with Gasteiger partial charge in [0.2, 0.25) is 0 Å². The third-order valence-electron chi connectivity index (χ3n) is 4.57. The van der Waals surface area contributed by atoms with Crippen LogP contribution in [0.3, 0.4) is 0 Å². The zero-order valence-corrected chi connectivity index (χ0v) is 15.1. The van der Waals surface area contributed by atoms with E-state index in [-0.39, 0.29) is 17.7 Å². The summed E-state index contributed by atoms with van der Waals surface area (Å²) in [5.41, 5.74) is 0.762. The summed E-state index contributed by atoms with van der Waals surface area (Å²) in [5.74, 6) is 1.76. The van der Waals surface area contributed by atoms with Gasteiger partial charge in [-0.1, -0.05) is 23.7 Å². The molecule has 3 aromatic rings. The fourth-order valence-electron chi connectivity index (χ4n) is 3.06. The molecule has 0 unspecified atom stereocenters. The van der Waals surface area contributed by atoms with Crippen LogP contribution in [-0.2, 0) is 6.54 Å². The molecule has 1 amide bonds. The van der Waals surface area contributed by atoms with Crippen molar-refractivity contribution in [2.75, 3.05) is 0 Å². The highest BCUT2D eigenvalue weighted by molar-refractivity contribution is 6.33. The summed E-state index contributed by atoms with van der Waals surface area (Å²) >= 11 is 6.20. The Bertz CT molecular complexity index is 929. The maximum atomic E-state index is 12.7. The van der Waals surface area contributed by atoms with Gasteiger partial charge in [-0.25, -0.2) is 9.67 Å². The van der Waals surface area contributed by atoms with Crippen LogP contribution in [0.25, 0.3) is 11.3 Å². The molecule has 0 bridgehead atoms. The van der Waals surface area contributed by atoms with Crippen molar-refractivity contribution in [2.45, 2.75) is 32.4 Å². The topological polar surface area (TPSA) is 73.0 Å². The molecule has 1 fully saturated rings. The predicted molar refractivity (Wildman–Crippen MR) is 97.8 cm³/mol. The number of carbonyl (C=O) groups excluding carboxylic acids is 1. The third-order valence-corrected chi connectivity index (χ3v) is 4.90. The minimum absolute atomic E-state index is 0.154. The number of rotatable bonds is 6. The number of carbonyl (C=O) groups is 1. The summed E-state index contributed by atoms with van der Waals surface area (Å²) in [6.07, 6.45) is 3.68. The number of aromatic nitrogens is 3. The summed E-state index contributed by atoms with van der Waals surface area (Å²) in [6, 6.07) is 10.7. The van der Waals surface area contributed by atoms with Gasteiger partial charge in [-0.2, -0.15) is 5.10 Å². The van der Waals surface area contributed by atoms with Gasteiger partial charge in [0.1, 0.15) is 17.9 Å². The summed E-state index contributed by atoms with van der Waals surface area (Å²) < 4.78 is 7.57. The fraction of sp³-hybridized carbons (Fsp3) is 0.316. The van der Waals surface area contributed by atoms with Gasteiger partial charge in [0.15, 0.2) is 5.76 Å². The molecule has 1 aliphatic carbocycles. The standard InChI is InChI=1S/C19H19ClN4O2/c1-2-24-18(21-11-22-24)17(12-7-8-12)23-19(25)16-10-9-15(26-16)13-5-3-4-6-14(13)20/h3-6,9-12,17H,2,7-8H2,1H3,(H,23,25)/t17-/m1/s1. The number of aryl methyl sites for hydroxylation is 1. The SMILES string of the molecule is CCn1ncnc1[C@H](NC(=O)c1ccc(-c2ccccc2Cl)o1)C1CC1. The van der Waals surface area contributed by atoms with Crippen LogP contribution >= 0.6 is 11.6 Å². The van der Waals surface area contributed by atoms with Gasteiger partial charge in [0.25, 0.3) is 5.91 Å². The predicted octanol–water partition coefficient (Wildman–Crippen LogP) is 4.09. The number of benzene rings is 1. The molecule has 134 valence electrons. The molecular weight excluding hydrogens is 352 g/mol. The first kappa shape index (κ1) is 16.8. The minimum Gasteiger partial charge on any atom is -0.451 e. The first-order valence-electron chi connectivity index (χ1n) is 8.70. The maximum Gasteiger partial charge on any atom is 0.287 e. The van der Waals surface area contributed by atoms with Crippen molar-refractivity contribution in [1.82, 2.24) is 20.1 Å². The highest BCUT2D eigenvalue weighted by Gasteiger charge is 2.36. The van der Waals surface area contributed by atoms with Crippen LogP contribution < -0.4 is 5.32 Å². The summed E-state index contributed by atoms with van der Waals surface area (Å²) in [5, 5.41) is 7.86. The second-order valence-electron chi connectivity index (χ2n) is 6.37. The monoisotopic (exact) mass is 370 g/mol. The second kappa shape index (κ2) is 6.96. The van der Waals surface area contributed by atoms with Crippen molar-refractivity contribution in [3.05, 3.63) is 59.3 Å². The molecule has 2 heterocycles. The largest absolute Gasteiger partial charge is 0.451 e. The Morgan fingerprint density at radius 3 is 2.88 bits per heavy atom. The molecule has 2 aromatic heterocycles. The van der Waals surface area contributed by atoms with Crippen molar-refractivity contribution in [1.29, 1.82) is 0 Å². The molecule has 4 rings (SSSR count). The highest BCUT2D eigenvalue weighted by Crippen LogP contribution is 2.40. The van der Waals surface area contributed by atoms with Crippen molar-refractivity contribution < 1.29 is 9.21 Å². The van der Waals surface area contributed by atoms with Crippen molar-refractivity contribution in [2.24, 2.45) is 5.92 Å². The van der Waals surface area contributed by atoms with Crippen molar-refractivity contribution in [3.8, 4) is 11.3 Å². The quantitative estimate of drug-likeness (QED) is 0.709. The van der Waals surface area contributed by atoms with Crippen LogP contribution in [0.5, 0.6) is 0 Å². The molecule has 0 aliphatic heterocycles. The van der Waals surface area contributed by atoms with Gasteiger partial charge < -0.3 is 9.73 Å². The molecule has 1 aromatic carbocycles. The van der Waals surface area contributed by atoms with Crippen LogP contribution in [0.1, 0.15) is 42.2 Å². The zero-order chi connectivity index (χ0) is 18.1. The number of nitrogens with one attached hydrogen (secondary N) is 1. The summed E-state index contributed by atoms with van der Waals surface area (Å²) in [7, 11) is 0. The second-order valence-corrected chi connectivity index (χ2v) is 6.77. The molecule has 0 radical (unpaired) electrons. The molecular formula is C19H19ClN4O2. The normalized spacial score (nSPS) is 15.0. The average molecular weight is 371 g/mol. The highest BCUT2D eigenvalue weighted by atomic mass is 35.5. The number of furan rings is 1. The summed E-state index contributed by atoms with van der Waals surface area (Å²) in [6.45, 7) is 2.72. The molecule has 1 aliphatic rings. The van der Waals surface area contributed by atoms with Gasteiger partial charge in [-0.15, -0.1) is 0 Å². The molecule has 26 heavy (non-hydrogen) atoms. The zero-order valence-electron chi connectivity index (χ0n) is 14.4. The van der Waals surface area contributed by atoms with E-state index < -0.39 is 0 Å². The molecule has 7 heteroatoms. The third kappa shape index (κ3) is 3.24. The Kier molecular flexibility index (Phi) is 4.51. The van der Waals surface area contributed by atoms with E-state index in [4.69, 9.17) is 16.0 Å². The first-order chi connectivity index (χ1) is 12.7. The average Bonchev–Trinajstić information content (AvgIpc) is 3.18. The lowest BCUT2D eigenvalue weighted by atomic mass is 10.1. The maximum absolute atomic E-state index is 12.7. The van der Waals surface area contributed by atoms with Gasteiger partial charge in [-0.3, -0.25) is 4.79 Å². The Hall–Kier alpha value is -2.60. The molecule has 0 spiro atoms. The van der Waals surface area contributed by atoms with E-state index in [0.717, 1.165) is 24.2 Å². The number of hydrogen-bond donors (Lipinski definition) is 1. The Balaban J connectivity index is 1.55. The Labute approximate surface area is 156 Å². The number of hydrogen-bond acceptors (Lipinski definition) is 4. The Morgan fingerprint density at radius 1 is 1.35 bits per heavy atom. The number of nitrogens with zero attached hydrogens (tertiary/aromatic N) is 3. The van der Waals surface area contributed by atoms with E-state index >= 15 is 0 Å². The van der Waals surface area contributed by atoms with Crippen LogP contribution in [0.2, 0.25) is 5.02 Å². The van der Waals surface area contributed by atoms with E-state index in [1.807, 2.05) is 29.8 Å². The van der Waals surface area contributed by atoms with E-state index in [1.165, 1.54) is 6.33 Å². The smallest absolute Gasteiger partial charge is 0.287 e. The lowest BCUT2D eigenvalue weighted by Gasteiger charge is -2.17. The minimum atomic E-state index is -0.258. The van der Waals surface area contributed by atoms with Gasteiger partial charge >= 0.3 is 0 Å². The lowest BCUT2D eigenvalue weighted by molar-refractivity contribution is 0.0901. The fourth-order valence-corrected chi connectivity index (χ4v) is 3.29. The Morgan fingerprint density at radius 2 is 2.15 bits per heavy atom. The van der Waals surface area contributed by atoms with E-state index in [0.29, 0.717) is 23.2 Å². The van der Waals surface area contributed by atoms with Crippen LogP contribution in [0, 0.1) is 5.92 Å². The lowest BCUT2D eigenvalue weighted by Crippen LogP contribution is -2.31. The van der Waals surface area contributed by atoms with Crippen LogP contribution in [0.15, 0.2) is 47.1 Å². The van der Waals surface area contributed by atoms with E-state index in [1.54, 1.807) is 18.2 Å². The molecule has 1 N–H and O–H groups in total. The van der Waals surface area contributed by atoms with Gasteiger partial charge in [0.05, 0.1) is 11.1 Å². The summed E-state index contributed by atoms with van der Waals surface area (Å²) in [4.78, 5) is 17.1. The van der Waals surface area contributed by atoms with Gasteiger partial charge in [-0.05, 0) is 49.9 Å².